The first-order chi connectivity index (χ1) is 11.3. The molecule has 126 valence electrons. The first-order valence-corrected chi connectivity index (χ1v) is 7.89. The van der Waals surface area contributed by atoms with Crippen molar-refractivity contribution in [1.82, 2.24) is 14.7 Å². The Morgan fingerprint density at radius 1 is 1.25 bits per heavy atom. The van der Waals surface area contributed by atoms with Crippen LogP contribution in [0.5, 0.6) is 0 Å². The quantitative estimate of drug-likeness (QED) is 0.913. The summed E-state index contributed by atoms with van der Waals surface area (Å²) in [6.45, 7) is 4.07. The van der Waals surface area contributed by atoms with Crippen molar-refractivity contribution >= 4 is 11.9 Å². The molecule has 6 nitrogen and oxygen atoms in total. The van der Waals surface area contributed by atoms with Gasteiger partial charge < -0.3 is 10.0 Å². The van der Waals surface area contributed by atoms with E-state index >= 15 is 0 Å². The van der Waals surface area contributed by atoms with Gasteiger partial charge in [-0.05, 0) is 17.5 Å². The van der Waals surface area contributed by atoms with Crippen molar-refractivity contribution in [2.45, 2.75) is 20.4 Å². The van der Waals surface area contributed by atoms with Gasteiger partial charge >= 0.3 is 5.97 Å². The Balaban J connectivity index is 1.68. The van der Waals surface area contributed by atoms with Crippen molar-refractivity contribution in [3.63, 3.8) is 0 Å². The fraction of sp³-hybridized carbons (Fsp3) is 0.389. The molecule has 1 fully saturated rings. The maximum Gasteiger partial charge on any atom is 0.307 e. The van der Waals surface area contributed by atoms with Crippen LogP contribution < -0.4 is 0 Å². The van der Waals surface area contributed by atoms with Gasteiger partial charge in [-0.25, -0.2) is 4.68 Å². The van der Waals surface area contributed by atoms with Gasteiger partial charge in [-0.3, -0.25) is 9.59 Å². The zero-order chi connectivity index (χ0) is 17.5. The standard InChI is InChI=1S/C18H21N3O3/c1-18(2)14(15(18)17(23)24)16(22)20(3)10-12-9-19-21(11-12)13-7-5-4-6-8-13/h4-9,11,14-15H,10H2,1-3H3,(H,23,24)/t14-,15+/m0/s1. The number of nitrogens with zero attached hydrogens (tertiary/aromatic N) is 3. The molecule has 0 unspecified atom stereocenters. The monoisotopic (exact) mass is 327 g/mol. The molecule has 1 aliphatic rings. The van der Waals surface area contributed by atoms with E-state index in [1.807, 2.05) is 50.4 Å². The predicted molar refractivity (Wildman–Crippen MR) is 88.4 cm³/mol. The summed E-state index contributed by atoms with van der Waals surface area (Å²) in [5, 5.41) is 13.5. The SMILES string of the molecule is CN(Cc1cnn(-c2ccccc2)c1)C(=O)[C@@H]1[C@H](C(=O)O)C1(C)C. The number of benzene rings is 1. The number of carbonyl (C=O) groups excluding carboxylic acids is 1. The number of aromatic nitrogens is 2. The summed E-state index contributed by atoms with van der Waals surface area (Å²) in [5.41, 5.74) is 1.37. The molecule has 0 spiro atoms. The summed E-state index contributed by atoms with van der Waals surface area (Å²) in [4.78, 5) is 25.4. The Bertz CT molecular complexity index is 767. The van der Waals surface area contributed by atoms with E-state index in [4.69, 9.17) is 0 Å². The molecule has 1 saturated carbocycles. The topological polar surface area (TPSA) is 75.4 Å². The summed E-state index contributed by atoms with van der Waals surface area (Å²) in [5.74, 6) is -2.08. The number of hydrogen-bond acceptors (Lipinski definition) is 3. The molecule has 6 heteroatoms. The van der Waals surface area contributed by atoms with E-state index in [2.05, 4.69) is 5.10 Å². The van der Waals surface area contributed by atoms with Gasteiger partial charge in [-0.2, -0.15) is 5.10 Å². The first kappa shape index (κ1) is 16.2. The van der Waals surface area contributed by atoms with Crippen LogP contribution >= 0.6 is 0 Å². The molecule has 24 heavy (non-hydrogen) atoms. The highest BCUT2D eigenvalue weighted by molar-refractivity contribution is 5.91. The normalized spacial score (nSPS) is 21.3. The number of carboxylic acids is 1. The molecule has 3 rings (SSSR count). The molecule has 2 aromatic rings. The first-order valence-electron chi connectivity index (χ1n) is 7.89. The van der Waals surface area contributed by atoms with Crippen molar-refractivity contribution in [2.24, 2.45) is 17.3 Å². The summed E-state index contributed by atoms with van der Waals surface area (Å²) in [6.07, 6.45) is 3.61. The van der Waals surface area contributed by atoms with E-state index < -0.39 is 23.2 Å². The van der Waals surface area contributed by atoms with Crippen LogP contribution in [0.2, 0.25) is 0 Å². The summed E-state index contributed by atoms with van der Waals surface area (Å²) < 4.78 is 1.76. The lowest BCUT2D eigenvalue weighted by atomic mass is 10.1. The lowest BCUT2D eigenvalue weighted by Gasteiger charge is -2.17. The number of aliphatic carboxylic acids is 1. The van der Waals surface area contributed by atoms with E-state index in [-0.39, 0.29) is 5.91 Å². The minimum atomic E-state index is -0.899. The lowest BCUT2D eigenvalue weighted by molar-refractivity contribution is -0.141. The molecular formula is C18H21N3O3. The summed E-state index contributed by atoms with van der Waals surface area (Å²) in [7, 11) is 1.70. The van der Waals surface area contributed by atoms with Gasteiger partial charge in [0.15, 0.2) is 0 Å². The number of carbonyl (C=O) groups is 2. The molecule has 1 N–H and O–H groups in total. The summed E-state index contributed by atoms with van der Waals surface area (Å²) in [6, 6.07) is 9.73. The fourth-order valence-electron chi connectivity index (χ4n) is 3.31. The number of carboxylic acid groups (broad SMARTS) is 1. The molecular weight excluding hydrogens is 306 g/mol. The number of para-hydroxylation sites is 1. The van der Waals surface area contributed by atoms with E-state index in [9.17, 15) is 14.7 Å². The average Bonchev–Trinajstić information content (AvgIpc) is 2.89. The van der Waals surface area contributed by atoms with Gasteiger partial charge in [-0.1, -0.05) is 32.0 Å². The van der Waals surface area contributed by atoms with E-state index in [1.54, 1.807) is 22.8 Å². The largest absolute Gasteiger partial charge is 0.481 e. The molecule has 1 aromatic carbocycles. The van der Waals surface area contributed by atoms with Crippen LogP contribution in [-0.2, 0) is 16.1 Å². The van der Waals surface area contributed by atoms with Crippen LogP contribution in [0.15, 0.2) is 42.7 Å². The van der Waals surface area contributed by atoms with Crippen LogP contribution in [0.1, 0.15) is 19.4 Å². The maximum absolute atomic E-state index is 12.6. The van der Waals surface area contributed by atoms with Gasteiger partial charge in [0.05, 0.1) is 23.7 Å². The smallest absolute Gasteiger partial charge is 0.307 e. The Kier molecular flexibility index (Phi) is 3.91. The van der Waals surface area contributed by atoms with E-state index in [1.165, 1.54) is 0 Å². The van der Waals surface area contributed by atoms with Gasteiger partial charge in [0.1, 0.15) is 0 Å². The zero-order valence-electron chi connectivity index (χ0n) is 14.0. The van der Waals surface area contributed by atoms with Crippen LogP contribution in [0, 0.1) is 17.3 Å². The van der Waals surface area contributed by atoms with Gasteiger partial charge in [0.2, 0.25) is 5.91 Å². The van der Waals surface area contributed by atoms with Gasteiger partial charge in [0.25, 0.3) is 0 Å². The van der Waals surface area contributed by atoms with Crippen LogP contribution in [-0.4, -0.2) is 38.7 Å². The Morgan fingerprint density at radius 2 is 1.92 bits per heavy atom. The second-order valence-corrected chi connectivity index (χ2v) is 6.94. The van der Waals surface area contributed by atoms with Crippen molar-refractivity contribution in [3.05, 3.63) is 48.3 Å². The Hall–Kier alpha value is -2.63. The van der Waals surface area contributed by atoms with E-state index in [0.29, 0.717) is 6.54 Å². The second kappa shape index (κ2) is 5.78. The molecule has 1 heterocycles. The molecule has 1 aliphatic carbocycles. The molecule has 0 radical (unpaired) electrons. The van der Waals surface area contributed by atoms with Crippen LogP contribution in [0.3, 0.4) is 0 Å². The Labute approximate surface area is 140 Å². The molecule has 1 aromatic heterocycles. The lowest BCUT2D eigenvalue weighted by Crippen LogP contribution is -2.29. The van der Waals surface area contributed by atoms with Gasteiger partial charge in [0, 0.05) is 25.4 Å². The third-order valence-corrected chi connectivity index (χ3v) is 4.81. The number of rotatable bonds is 5. The van der Waals surface area contributed by atoms with Crippen LogP contribution in [0.25, 0.3) is 5.69 Å². The molecule has 0 saturated heterocycles. The zero-order valence-corrected chi connectivity index (χ0v) is 14.0. The molecule has 1 amide bonds. The highest BCUT2D eigenvalue weighted by atomic mass is 16.4. The van der Waals surface area contributed by atoms with Gasteiger partial charge in [-0.15, -0.1) is 0 Å². The third kappa shape index (κ3) is 2.79. The highest BCUT2D eigenvalue weighted by Gasteiger charge is 2.66. The van der Waals surface area contributed by atoms with Crippen molar-refractivity contribution in [2.75, 3.05) is 7.05 Å². The average molecular weight is 327 g/mol. The number of amides is 1. The third-order valence-electron chi connectivity index (χ3n) is 4.81. The molecule has 0 aliphatic heterocycles. The molecule has 2 atom stereocenters. The summed E-state index contributed by atoms with van der Waals surface area (Å²) >= 11 is 0. The highest BCUT2D eigenvalue weighted by Crippen LogP contribution is 2.58. The van der Waals surface area contributed by atoms with Crippen LogP contribution in [0.4, 0.5) is 0 Å². The van der Waals surface area contributed by atoms with E-state index in [0.717, 1.165) is 11.3 Å². The van der Waals surface area contributed by atoms with Crippen molar-refractivity contribution in [1.29, 1.82) is 0 Å². The minimum absolute atomic E-state index is 0.125. The second-order valence-electron chi connectivity index (χ2n) is 6.94. The molecule has 0 bridgehead atoms. The fourth-order valence-corrected chi connectivity index (χ4v) is 3.31. The maximum atomic E-state index is 12.6. The van der Waals surface area contributed by atoms with Crippen molar-refractivity contribution < 1.29 is 14.7 Å². The minimum Gasteiger partial charge on any atom is -0.481 e. The number of hydrogen-bond donors (Lipinski definition) is 1. The predicted octanol–water partition coefficient (Wildman–Crippen LogP) is 2.19. The Morgan fingerprint density at radius 3 is 2.50 bits per heavy atom. The van der Waals surface area contributed by atoms with Crippen molar-refractivity contribution in [3.8, 4) is 5.69 Å².